The average molecular weight is 233 g/mol. The first-order valence-corrected chi connectivity index (χ1v) is 6.07. The molecule has 0 amide bonds. The Morgan fingerprint density at radius 3 is 2.44 bits per heavy atom. The van der Waals surface area contributed by atoms with Crippen molar-refractivity contribution >= 4 is 11.3 Å². The molecule has 0 saturated heterocycles. The fourth-order valence-electron chi connectivity index (χ4n) is 1.50. The summed E-state index contributed by atoms with van der Waals surface area (Å²) in [5.41, 5.74) is 8.23. The van der Waals surface area contributed by atoms with Crippen molar-refractivity contribution in [2.45, 2.75) is 13.0 Å². The van der Waals surface area contributed by atoms with Gasteiger partial charge in [0.05, 0.1) is 7.11 Å². The van der Waals surface area contributed by atoms with Crippen molar-refractivity contribution in [3.8, 4) is 16.2 Å². The summed E-state index contributed by atoms with van der Waals surface area (Å²) < 4.78 is 5.13. The van der Waals surface area contributed by atoms with Gasteiger partial charge in [0.1, 0.15) is 5.75 Å². The lowest BCUT2D eigenvalue weighted by atomic mass is 10.1. The van der Waals surface area contributed by atoms with Gasteiger partial charge in [0.25, 0.3) is 0 Å². The van der Waals surface area contributed by atoms with Gasteiger partial charge in [-0.3, -0.25) is 0 Å². The van der Waals surface area contributed by atoms with Crippen molar-refractivity contribution in [3.05, 3.63) is 41.3 Å². The van der Waals surface area contributed by atoms with Gasteiger partial charge in [-0.25, -0.2) is 0 Å². The van der Waals surface area contributed by atoms with E-state index in [1.165, 1.54) is 16.0 Å². The number of benzene rings is 1. The van der Waals surface area contributed by atoms with Crippen molar-refractivity contribution < 1.29 is 4.74 Å². The molecule has 0 spiro atoms. The molecule has 2 nitrogen and oxygen atoms in total. The van der Waals surface area contributed by atoms with E-state index in [0.29, 0.717) is 0 Å². The molecule has 3 heteroatoms. The van der Waals surface area contributed by atoms with Gasteiger partial charge >= 0.3 is 0 Å². The quantitative estimate of drug-likeness (QED) is 0.881. The summed E-state index contributed by atoms with van der Waals surface area (Å²) in [5, 5.41) is 2.12. The average Bonchev–Trinajstić information content (AvgIpc) is 2.78. The van der Waals surface area contributed by atoms with Gasteiger partial charge in [0.2, 0.25) is 0 Å². The van der Waals surface area contributed by atoms with Crippen LogP contribution < -0.4 is 10.5 Å². The van der Waals surface area contributed by atoms with Crippen LogP contribution in [0.1, 0.15) is 18.5 Å². The Morgan fingerprint density at radius 2 is 1.94 bits per heavy atom. The maximum absolute atomic E-state index is 5.84. The van der Waals surface area contributed by atoms with E-state index in [9.17, 15) is 0 Å². The van der Waals surface area contributed by atoms with Crippen LogP contribution in [-0.4, -0.2) is 7.11 Å². The van der Waals surface area contributed by atoms with Gasteiger partial charge in [-0.2, -0.15) is 0 Å². The maximum atomic E-state index is 5.84. The highest BCUT2D eigenvalue weighted by molar-refractivity contribution is 7.13. The molecule has 0 aliphatic carbocycles. The van der Waals surface area contributed by atoms with E-state index < -0.39 is 0 Å². The van der Waals surface area contributed by atoms with Gasteiger partial charge in [-0.05, 0) is 53.8 Å². The smallest absolute Gasteiger partial charge is 0.118 e. The molecule has 0 bridgehead atoms. The van der Waals surface area contributed by atoms with Crippen LogP contribution in [0.25, 0.3) is 10.4 Å². The Bertz CT molecular complexity index is 459. The highest BCUT2D eigenvalue weighted by Crippen LogP contribution is 2.30. The first-order chi connectivity index (χ1) is 7.70. The Kier molecular flexibility index (Phi) is 3.27. The summed E-state index contributed by atoms with van der Waals surface area (Å²) in [7, 11) is 1.67. The van der Waals surface area contributed by atoms with Crippen molar-refractivity contribution in [1.82, 2.24) is 0 Å². The number of hydrogen-bond donors (Lipinski definition) is 1. The fraction of sp³-hybridized carbons (Fsp3) is 0.231. The molecule has 2 rings (SSSR count). The molecule has 0 fully saturated rings. The van der Waals surface area contributed by atoms with Crippen molar-refractivity contribution in [1.29, 1.82) is 0 Å². The molecule has 1 atom stereocenters. The zero-order chi connectivity index (χ0) is 11.5. The van der Waals surface area contributed by atoms with Gasteiger partial charge < -0.3 is 10.5 Å². The molecule has 0 radical (unpaired) electrons. The Balaban J connectivity index is 2.28. The summed E-state index contributed by atoms with van der Waals surface area (Å²) in [6, 6.07) is 10.3. The third kappa shape index (κ3) is 2.26. The summed E-state index contributed by atoms with van der Waals surface area (Å²) in [4.78, 5) is 1.25. The molecule has 84 valence electrons. The van der Waals surface area contributed by atoms with E-state index in [1.807, 2.05) is 19.1 Å². The monoisotopic (exact) mass is 233 g/mol. The van der Waals surface area contributed by atoms with Crippen molar-refractivity contribution in [3.63, 3.8) is 0 Å². The van der Waals surface area contributed by atoms with E-state index in [1.54, 1.807) is 18.4 Å². The number of nitrogens with two attached hydrogens (primary N) is 1. The molecule has 1 aromatic carbocycles. The standard InChI is InChI=1S/C13H15NOS/c1-9(14)11-7-13(16-8-11)10-3-5-12(15-2)6-4-10/h3-9H,14H2,1-2H3. The minimum absolute atomic E-state index is 0.100. The fourth-order valence-corrected chi connectivity index (χ4v) is 2.52. The molecule has 1 unspecified atom stereocenters. The Labute approximate surface area is 99.7 Å². The predicted molar refractivity (Wildman–Crippen MR) is 68.9 cm³/mol. The molecule has 2 aromatic rings. The molecule has 0 aliphatic heterocycles. The topological polar surface area (TPSA) is 35.2 Å². The molecular formula is C13H15NOS. The van der Waals surface area contributed by atoms with E-state index in [0.717, 1.165) is 5.75 Å². The summed E-state index contributed by atoms with van der Waals surface area (Å²) in [6.07, 6.45) is 0. The van der Waals surface area contributed by atoms with Crippen LogP contribution in [-0.2, 0) is 0 Å². The van der Waals surface area contributed by atoms with E-state index in [-0.39, 0.29) is 6.04 Å². The molecule has 16 heavy (non-hydrogen) atoms. The summed E-state index contributed by atoms with van der Waals surface area (Å²) in [6.45, 7) is 2.00. The van der Waals surface area contributed by atoms with Gasteiger partial charge in [-0.15, -0.1) is 11.3 Å². The molecule has 1 heterocycles. The van der Waals surface area contributed by atoms with Crippen LogP contribution in [0.4, 0.5) is 0 Å². The third-order valence-electron chi connectivity index (χ3n) is 2.52. The van der Waals surface area contributed by atoms with Crippen LogP contribution in [0.2, 0.25) is 0 Å². The molecular weight excluding hydrogens is 218 g/mol. The van der Waals surface area contributed by atoms with Crippen molar-refractivity contribution in [2.75, 3.05) is 7.11 Å². The first kappa shape index (κ1) is 11.2. The number of rotatable bonds is 3. The second kappa shape index (κ2) is 4.68. The Hall–Kier alpha value is -1.32. The molecule has 1 aromatic heterocycles. The van der Waals surface area contributed by atoms with Crippen LogP contribution in [0.3, 0.4) is 0 Å². The molecule has 0 saturated carbocycles. The third-order valence-corrected chi connectivity index (χ3v) is 3.52. The number of ether oxygens (including phenoxy) is 1. The lowest BCUT2D eigenvalue weighted by Gasteiger charge is -2.01. The summed E-state index contributed by atoms with van der Waals surface area (Å²) in [5.74, 6) is 0.882. The molecule has 0 aliphatic rings. The van der Waals surface area contributed by atoms with Crippen LogP contribution in [0.5, 0.6) is 5.75 Å². The largest absolute Gasteiger partial charge is 0.497 e. The number of methoxy groups -OCH3 is 1. The van der Waals surface area contributed by atoms with E-state index >= 15 is 0 Å². The van der Waals surface area contributed by atoms with Gasteiger partial charge in [0.15, 0.2) is 0 Å². The van der Waals surface area contributed by atoms with Crippen molar-refractivity contribution in [2.24, 2.45) is 5.73 Å². The van der Waals surface area contributed by atoms with E-state index in [4.69, 9.17) is 10.5 Å². The van der Waals surface area contributed by atoms with E-state index in [2.05, 4.69) is 23.6 Å². The first-order valence-electron chi connectivity index (χ1n) is 5.19. The number of thiophene rings is 1. The lowest BCUT2D eigenvalue weighted by molar-refractivity contribution is 0.415. The minimum atomic E-state index is 0.100. The second-order valence-corrected chi connectivity index (χ2v) is 4.67. The van der Waals surface area contributed by atoms with Crippen LogP contribution in [0, 0.1) is 0 Å². The lowest BCUT2D eigenvalue weighted by Crippen LogP contribution is -2.02. The SMILES string of the molecule is COc1ccc(-c2cc(C(C)N)cs2)cc1. The normalized spacial score (nSPS) is 12.4. The zero-order valence-corrected chi connectivity index (χ0v) is 10.3. The van der Waals surface area contributed by atoms with Gasteiger partial charge in [-0.1, -0.05) is 0 Å². The highest BCUT2D eigenvalue weighted by Gasteiger charge is 2.05. The second-order valence-electron chi connectivity index (χ2n) is 3.76. The van der Waals surface area contributed by atoms with Crippen LogP contribution >= 0.6 is 11.3 Å². The predicted octanol–water partition coefficient (Wildman–Crippen LogP) is 3.44. The van der Waals surface area contributed by atoms with Gasteiger partial charge in [0, 0.05) is 10.9 Å². The number of hydrogen-bond acceptors (Lipinski definition) is 3. The highest BCUT2D eigenvalue weighted by atomic mass is 32.1. The maximum Gasteiger partial charge on any atom is 0.118 e. The zero-order valence-electron chi connectivity index (χ0n) is 9.44. The van der Waals surface area contributed by atoms with Crippen LogP contribution in [0.15, 0.2) is 35.7 Å². The summed E-state index contributed by atoms with van der Waals surface area (Å²) >= 11 is 1.72. The Morgan fingerprint density at radius 1 is 1.25 bits per heavy atom. The molecule has 2 N–H and O–H groups in total. The minimum Gasteiger partial charge on any atom is -0.497 e.